The Morgan fingerprint density at radius 2 is 1.90 bits per heavy atom. The Kier molecular flexibility index (Phi) is 12.1. The van der Waals surface area contributed by atoms with E-state index in [1.54, 1.807) is 19.9 Å². The predicted molar refractivity (Wildman–Crippen MR) is 162 cm³/mol. The van der Waals surface area contributed by atoms with Crippen LogP contribution < -0.4 is 4.72 Å². The van der Waals surface area contributed by atoms with Gasteiger partial charge in [-0.05, 0) is 52.8 Å². The van der Waals surface area contributed by atoms with Gasteiger partial charge in [0.2, 0.25) is 0 Å². The van der Waals surface area contributed by atoms with Crippen molar-refractivity contribution < 1.29 is 22.7 Å². The average Bonchev–Trinajstić information content (AvgIpc) is 2.91. The minimum Gasteiger partial charge on any atom is -0.463 e. The van der Waals surface area contributed by atoms with E-state index >= 15 is 4.39 Å². The number of aryl methyl sites for hydroxylation is 1. The molecule has 1 aromatic carbocycles. The van der Waals surface area contributed by atoms with Gasteiger partial charge in [-0.2, -0.15) is 0 Å². The third-order valence-electron chi connectivity index (χ3n) is 5.45. The predicted octanol–water partition coefficient (Wildman–Crippen LogP) is 8.69. The number of hydrogen-bond acceptors (Lipinski definition) is 7. The second-order valence-electron chi connectivity index (χ2n) is 8.01. The molecule has 1 aliphatic heterocycles. The number of nitrogens with one attached hydrogen (secondary N) is 1. The van der Waals surface area contributed by atoms with Crippen molar-refractivity contribution in [1.82, 2.24) is 9.88 Å². The fraction of sp³-hybridized carbons (Fsp3) is 0.286. The number of hydrogen-bond donors (Lipinski definition) is 3. The zero-order valence-corrected chi connectivity index (χ0v) is 25.2. The first kappa shape index (κ1) is 32.5. The van der Waals surface area contributed by atoms with Gasteiger partial charge in [0, 0.05) is 22.9 Å². The molecular formula is C28H34F3N3O2S3. The van der Waals surface area contributed by atoms with Gasteiger partial charge in [0.05, 0.1) is 41.0 Å². The molecule has 0 fully saturated rings. The molecule has 0 aliphatic carbocycles. The van der Waals surface area contributed by atoms with E-state index in [1.807, 2.05) is 20.8 Å². The molecule has 0 unspecified atom stereocenters. The van der Waals surface area contributed by atoms with Crippen LogP contribution in [0.3, 0.4) is 0 Å². The van der Waals surface area contributed by atoms with Crippen molar-refractivity contribution in [2.75, 3.05) is 11.3 Å². The number of aromatic nitrogens is 1. The Hall–Kier alpha value is -2.76. The van der Waals surface area contributed by atoms with Crippen LogP contribution in [-0.4, -0.2) is 22.5 Å². The first-order chi connectivity index (χ1) is 18.5. The average molecular weight is 598 g/mol. The van der Waals surface area contributed by atoms with Gasteiger partial charge in [-0.1, -0.05) is 63.2 Å². The molecule has 1 aromatic heterocycles. The van der Waals surface area contributed by atoms with Gasteiger partial charge in [0.15, 0.2) is 5.82 Å². The summed E-state index contributed by atoms with van der Waals surface area (Å²) in [6.07, 6.45) is 8.28. The first-order valence-corrected chi connectivity index (χ1v) is 16.1. The number of esters is 1. The summed E-state index contributed by atoms with van der Waals surface area (Å²) in [5, 5.41) is 0. The molecule has 0 spiro atoms. The minimum absolute atomic E-state index is 0.0703. The number of carbonyl (C=O) groups is 1. The van der Waals surface area contributed by atoms with Gasteiger partial charge in [-0.25, -0.2) is 18.0 Å². The highest BCUT2D eigenvalue weighted by atomic mass is 33.5. The fourth-order valence-corrected chi connectivity index (χ4v) is 6.77. The van der Waals surface area contributed by atoms with Crippen LogP contribution in [0.4, 0.5) is 18.9 Å². The summed E-state index contributed by atoms with van der Waals surface area (Å²) in [6, 6.07) is 3.58. The van der Waals surface area contributed by atoms with E-state index < -0.39 is 31.7 Å². The molecule has 39 heavy (non-hydrogen) atoms. The van der Waals surface area contributed by atoms with Crippen molar-refractivity contribution in [3.63, 3.8) is 0 Å². The second-order valence-corrected chi connectivity index (χ2v) is 13.9. The summed E-state index contributed by atoms with van der Waals surface area (Å²) in [6.45, 7) is 13.3. The van der Waals surface area contributed by atoms with Crippen LogP contribution in [0.15, 0.2) is 71.7 Å². The molecule has 0 saturated carbocycles. The molecular weight excluding hydrogens is 564 g/mol. The Balaban J connectivity index is 0.00000260. The van der Waals surface area contributed by atoms with Crippen molar-refractivity contribution >= 4 is 48.8 Å². The van der Waals surface area contributed by atoms with Gasteiger partial charge < -0.3 is 14.4 Å². The van der Waals surface area contributed by atoms with Gasteiger partial charge in [0.1, 0.15) is 11.6 Å². The van der Waals surface area contributed by atoms with E-state index in [4.69, 9.17) is 4.74 Å². The Bertz CT molecular complexity index is 1310. The van der Waals surface area contributed by atoms with Crippen molar-refractivity contribution in [2.45, 2.75) is 52.4 Å². The number of carbonyl (C=O) groups excluding carboxylic acids is 1. The number of ether oxygens (including phenoxy) is 1. The van der Waals surface area contributed by atoms with Crippen LogP contribution in [-0.2, 0) is 9.53 Å². The number of benzene rings is 1. The lowest BCUT2D eigenvalue weighted by Gasteiger charge is -2.32. The third-order valence-corrected chi connectivity index (χ3v) is 8.71. The van der Waals surface area contributed by atoms with Crippen LogP contribution in [0, 0.1) is 24.4 Å². The standard InChI is InChI=1S/C26H28F3N3O2S3.C2H6/c1-5-8-19(26(33)34-7-3)22-12-9-17(15-32(22)6-2)24-20(28)10-11-21(25(24)29)31-37(35,36)23-13-18(27)14-30-16(23)4;1-2/h6,9-15,31,35-36H,2,5,7-8H2,1,3-4H3;1-2H3/b22-19+;. The van der Waals surface area contributed by atoms with E-state index in [1.165, 1.54) is 35.5 Å². The monoisotopic (exact) mass is 597 g/mol. The summed E-state index contributed by atoms with van der Waals surface area (Å²) < 4.78 is 52.6. The molecule has 0 saturated heterocycles. The lowest BCUT2D eigenvalue weighted by Crippen LogP contribution is -2.19. The van der Waals surface area contributed by atoms with Crippen LogP contribution in [0.2, 0.25) is 0 Å². The molecule has 11 heteroatoms. The van der Waals surface area contributed by atoms with Crippen LogP contribution in [0.25, 0.3) is 5.57 Å². The topological polar surface area (TPSA) is 54.5 Å². The summed E-state index contributed by atoms with van der Waals surface area (Å²) in [5.74, 6) is -2.72. The number of thiol groups is 2. The Morgan fingerprint density at radius 3 is 2.51 bits per heavy atom. The number of pyridine rings is 1. The summed E-state index contributed by atoms with van der Waals surface area (Å²) in [7, 11) is -2.56. The van der Waals surface area contributed by atoms with E-state index in [-0.39, 0.29) is 23.4 Å². The normalized spacial score (nSPS) is 14.6. The summed E-state index contributed by atoms with van der Waals surface area (Å²) >= 11 is 9.06. The molecule has 212 valence electrons. The van der Waals surface area contributed by atoms with Crippen molar-refractivity contribution in [3.8, 4) is 0 Å². The molecule has 2 heterocycles. The van der Waals surface area contributed by atoms with Gasteiger partial charge in [0.25, 0.3) is 0 Å². The quantitative estimate of drug-likeness (QED) is 0.117. The smallest absolute Gasteiger partial charge is 0.336 e. The number of allylic oxidation sites excluding steroid dienone is 3. The molecule has 3 rings (SSSR count). The molecule has 0 bridgehead atoms. The van der Waals surface area contributed by atoms with E-state index in [0.29, 0.717) is 34.7 Å². The zero-order valence-electron chi connectivity index (χ0n) is 22.6. The number of rotatable bonds is 9. The molecule has 0 radical (unpaired) electrons. The molecule has 0 amide bonds. The van der Waals surface area contributed by atoms with Crippen LogP contribution in [0.1, 0.15) is 51.8 Å². The highest BCUT2D eigenvalue weighted by Crippen LogP contribution is 2.64. The van der Waals surface area contributed by atoms with Gasteiger partial charge in [-0.3, -0.25) is 4.98 Å². The maximum absolute atomic E-state index is 15.7. The summed E-state index contributed by atoms with van der Waals surface area (Å²) in [4.78, 5) is 18.4. The largest absolute Gasteiger partial charge is 0.463 e. The zero-order chi connectivity index (χ0) is 29.3. The second kappa shape index (κ2) is 14.6. The van der Waals surface area contributed by atoms with Crippen LogP contribution in [0.5, 0.6) is 0 Å². The highest BCUT2D eigenvalue weighted by molar-refractivity contribution is 9.18. The molecule has 1 aliphatic rings. The lowest BCUT2D eigenvalue weighted by atomic mass is 9.99. The highest BCUT2D eigenvalue weighted by Gasteiger charge is 2.27. The molecule has 1 N–H and O–H groups in total. The van der Waals surface area contributed by atoms with E-state index in [0.717, 1.165) is 12.3 Å². The minimum atomic E-state index is -2.56. The van der Waals surface area contributed by atoms with E-state index in [9.17, 15) is 13.6 Å². The maximum atomic E-state index is 15.7. The third kappa shape index (κ3) is 7.67. The Labute approximate surface area is 240 Å². The van der Waals surface area contributed by atoms with Crippen molar-refractivity contribution in [2.24, 2.45) is 0 Å². The maximum Gasteiger partial charge on any atom is 0.336 e. The number of anilines is 1. The number of nitrogens with zero attached hydrogens (tertiary/aromatic N) is 2. The summed E-state index contributed by atoms with van der Waals surface area (Å²) in [5.41, 5.74) is 1.26. The molecule has 2 aromatic rings. The van der Waals surface area contributed by atoms with Gasteiger partial charge in [-0.15, -0.1) is 0 Å². The van der Waals surface area contributed by atoms with Crippen molar-refractivity contribution in [3.05, 3.63) is 95.5 Å². The fourth-order valence-electron chi connectivity index (χ4n) is 3.76. The van der Waals surface area contributed by atoms with E-state index in [2.05, 4.69) is 39.6 Å². The first-order valence-electron chi connectivity index (χ1n) is 12.4. The Morgan fingerprint density at radius 1 is 1.21 bits per heavy atom. The van der Waals surface area contributed by atoms with Gasteiger partial charge >= 0.3 is 5.97 Å². The molecule has 0 atom stereocenters. The molecule has 5 nitrogen and oxygen atoms in total. The van der Waals surface area contributed by atoms with Crippen molar-refractivity contribution in [1.29, 1.82) is 0 Å². The van der Waals surface area contributed by atoms with Crippen LogP contribution >= 0.6 is 31.6 Å². The number of halogens is 3. The SMILES string of the molecule is C=CN1C=C(c2c(F)ccc(NS(S)(S)c3cc(F)cnc3C)c2F)C=C/C1=C(/CCC)C(=O)OCC.CC. The lowest BCUT2D eigenvalue weighted by molar-refractivity contribution is -0.138.